The zero-order valence-electron chi connectivity index (χ0n) is 8.02. The van der Waals surface area contributed by atoms with Crippen molar-refractivity contribution in [3.63, 3.8) is 0 Å². The predicted molar refractivity (Wildman–Crippen MR) is 58.0 cm³/mol. The van der Waals surface area contributed by atoms with Gasteiger partial charge < -0.3 is 10.1 Å². The van der Waals surface area contributed by atoms with Crippen molar-refractivity contribution >= 4 is 23.3 Å². The molecule has 0 bridgehead atoms. The molecule has 1 unspecified atom stereocenters. The van der Waals surface area contributed by atoms with E-state index in [0.29, 0.717) is 6.10 Å². The summed E-state index contributed by atoms with van der Waals surface area (Å²) in [6.45, 7) is 4.66. The lowest BCUT2D eigenvalue weighted by molar-refractivity contribution is 0.0441. The SMILES string of the molecule is Cc1nsc(SCC2CNCCO2)n1. The number of rotatable bonds is 3. The van der Waals surface area contributed by atoms with Gasteiger partial charge in [0.05, 0.1) is 12.7 Å². The van der Waals surface area contributed by atoms with Gasteiger partial charge >= 0.3 is 0 Å². The third kappa shape index (κ3) is 2.91. The van der Waals surface area contributed by atoms with Gasteiger partial charge in [0, 0.05) is 18.8 Å². The maximum atomic E-state index is 5.58. The topological polar surface area (TPSA) is 47.0 Å². The number of nitrogens with one attached hydrogen (secondary N) is 1. The summed E-state index contributed by atoms with van der Waals surface area (Å²) in [5.41, 5.74) is 0. The quantitative estimate of drug-likeness (QED) is 0.784. The number of ether oxygens (including phenoxy) is 1. The maximum absolute atomic E-state index is 5.58. The molecule has 1 aliphatic heterocycles. The van der Waals surface area contributed by atoms with E-state index < -0.39 is 0 Å². The third-order valence-electron chi connectivity index (χ3n) is 1.91. The molecule has 1 fully saturated rings. The summed E-state index contributed by atoms with van der Waals surface area (Å²) in [6.07, 6.45) is 0.318. The van der Waals surface area contributed by atoms with E-state index in [1.807, 2.05) is 6.92 Å². The number of nitrogens with zero attached hydrogens (tertiary/aromatic N) is 2. The summed E-state index contributed by atoms with van der Waals surface area (Å²) in [6, 6.07) is 0. The molecule has 14 heavy (non-hydrogen) atoms. The van der Waals surface area contributed by atoms with E-state index in [0.717, 1.165) is 35.6 Å². The molecule has 4 nitrogen and oxygen atoms in total. The molecule has 2 heterocycles. The van der Waals surface area contributed by atoms with Gasteiger partial charge in [-0.3, -0.25) is 0 Å². The van der Waals surface area contributed by atoms with Crippen molar-refractivity contribution in [1.29, 1.82) is 0 Å². The van der Waals surface area contributed by atoms with Gasteiger partial charge in [-0.2, -0.15) is 4.37 Å². The lowest BCUT2D eigenvalue weighted by Gasteiger charge is -2.22. The van der Waals surface area contributed by atoms with Gasteiger partial charge in [-0.1, -0.05) is 11.8 Å². The largest absolute Gasteiger partial charge is 0.375 e. The fourth-order valence-corrected chi connectivity index (χ4v) is 2.92. The number of aryl methyl sites for hydroxylation is 1. The summed E-state index contributed by atoms with van der Waals surface area (Å²) >= 11 is 3.19. The van der Waals surface area contributed by atoms with Gasteiger partial charge in [-0.15, -0.1) is 0 Å². The van der Waals surface area contributed by atoms with Crippen LogP contribution in [0.1, 0.15) is 5.82 Å². The molecule has 0 radical (unpaired) electrons. The van der Waals surface area contributed by atoms with Gasteiger partial charge in [0.25, 0.3) is 0 Å². The number of hydrogen-bond acceptors (Lipinski definition) is 6. The van der Waals surface area contributed by atoms with Gasteiger partial charge in [0.15, 0.2) is 4.34 Å². The Morgan fingerprint density at radius 2 is 2.64 bits per heavy atom. The van der Waals surface area contributed by atoms with Crippen molar-refractivity contribution in [3.05, 3.63) is 5.82 Å². The molecule has 78 valence electrons. The van der Waals surface area contributed by atoms with Crippen LogP contribution in [-0.4, -0.2) is 40.9 Å². The van der Waals surface area contributed by atoms with Gasteiger partial charge in [-0.25, -0.2) is 4.98 Å². The van der Waals surface area contributed by atoms with Gasteiger partial charge in [0.2, 0.25) is 0 Å². The Labute approximate surface area is 91.6 Å². The molecule has 1 atom stereocenters. The molecule has 1 aromatic rings. The summed E-state index contributed by atoms with van der Waals surface area (Å²) in [5.74, 6) is 1.82. The van der Waals surface area contributed by atoms with Crippen LogP contribution in [0.5, 0.6) is 0 Å². The van der Waals surface area contributed by atoms with Crippen LogP contribution < -0.4 is 5.32 Å². The second-order valence-electron chi connectivity index (χ2n) is 3.12. The Balaban J connectivity index is 1.76. The van der Waals surface area contributed by atoms with E-state index in [1.54, 1.807) is 11.8 Å². The molecule has 2 rings (SSSR count). The van der Waals surface area contributed by atoms with Gasteiger partial charge in [0.1, 0.15) is 5.82 Å². The first-order valence-electron chi connectivity index (χ1n) is 4.60. The van der Waals surface area contributed by atoms with Crippen molar-refractivity contribution in [1.82, 2.24) is 14.7 Å². The van der Waals surface area contributed by atoms with Crippen LogP contribution in [0.25, 0.3) is 0 Å². The van der Waals surface area contributed by atoms with Crippen LogP contribution in [0.4, 0.5) is 0 Å². The van der Waals surface area contributed by atoms with E-state index in [1.165, 1.54) is 11.5 Å². The average Bonchev–Trinajstić information content (AvgIpc) is 2.63. The summed E-state index contributed by atoms with van der Waals surface area (Å²) in [7, 11) is 0. The van der Waals surface area contributed by atoms with E-state index >= 15 is 0 Å². The fraction of sp³-hybridized carbons (Fsp3) is 0.750. The number of thioether (sulfide) groups is 1. The van der Waals surface area contributed by atoms with E-state index in [2.05, 4.69) is 14.7 Å². The highest BCUT2D eigenvalue weighted by molar-refractivity contribution is 8.00. The minimum absolute atomic E-state index is 0.318. The Morgan fingerprint density at radius 1 is 1.71 bits per heavy atom. The molecular weight excluding hydrogens is 218 g/mol. The molecular formula is C8H13N3OS2. The molecule has 6 heteroatoms. The number of aromatic nitrogens is 2. The van der Waals surface area contributed by atoms with E-state index in [4.69, 9.17) is 4.74 Å². The highest BCUT2D eigenvalue weighted by Crippen LogP contribution is 2.21. The minimum atomic E-state index is 0.318. The van der Waals surface area contributed by atoms with Crippen LogP contribution in [-0.2, 0) is 4.74 Å². The Bertz CT molecular complexity index is 286. The van der Waals surface area contributed by atoms with E-state index in [-0.39, 0.29) is 0 Å². The zero-order chi connectivity index (χ0) is 9.80. The van der Waals surface area contributed by atoms with Crippen molar-refractivity contribution in [2.75, 3.05) is 25.4 Å². The second kappa shape index (κ2) is 5.06. The monoisotopic (exact) mass is 231 g/mol. The molecule has 0 aliphatic carbocycles. The van der Waals surface area contributed by atoms with Crippen LogP contribution >= 0.6 is 23.3 Å². The first-order valence-corrected chi connectivity index (χ1v) is 6.36. The van der Waals surface area contributed by atoms with Crippen molar-refractivity contribution in [3.8, 4) is 0 Å². The predicted octanol–water partition coefficient (Wildman–Crippen LogP) is 0.927. The second-order valence-corrected chi connectivity index (χ2v) is 5.13. The van der Waals surface area contributed by atoms with E-state index in [9.17, 15) is 0 Å². The van der Waals surface area contributed by atoms with Crippen molar-refractivity contribution < 1.29 is 4.74 Å². The Morgan fingerprint density at radius 3 is 3.29 bits per heavy atom. The van der Waals surface area contributed by atoms with Crippen LogP contribution in [0, 0.1) is 6.92 Å². The maximum Gasteiger partial charge on any atom is 0.170 e. The third-order valence-corrected chi connectivity index (χ3v) is 3.96. The standard InChI is InChI=1S/C8H13N3OS2/c1-6-10-8(14-11-6)13-5-7-4-9-2-3-12-7/h7,9H,2-5H2,1H3. The zero-order valence-corrected chi connectivity index (χ0v) is 9.66. The highest BCUT2D eigenvalue weighted by Gasteiger charge is 2.14. The Kier molecular flexibility index (Phi) is 3.74. The first-order chi connectivity index (χ1) is 6.84. The summed E-state index contributed by atoms with van der Waals surface area (Å²) < 4.78 is 10.8. The average molecular weight is 231 g/mol. The molecule has 0 spiro atoms. The summed E-state index contributed by atoms with van der Waals surface area (Å²) in [4.78, 5) is 4.29. The smallest absolute Gasteiger partial charge is 0.170 e. The van der Waals surface area contributed by atoms with Crippen LogP contribution in [0.2, 0.25) is 0 Å². The number of hydrogen-bond donors (Lipinski definition) is 1. The first kappa shape index (κ1) is 10.4. The van der Waals surface area contributed by atoms with Crippen LogP contribution in [0.15, 0.2) is 4.34 Å². The lowest BCUT2D eigenvalue weighted by atomic mass is 10.3. The Hall–Kier alpha value is -0.170. The molecule has 0 aromatic carbocycles. The van der Waals surface area contributed by atoms with Gasteiger partial charge in [-0.05, 0) is 18.5 Å². The molecule has 1 aliphatic rings. The highest BCUT2D eigenvalue weighted by atomic mass is 32.2. The normalized spacial score (nSPS) is 22.5. The van der Waals surface area contributed by atoms with Crippen molar-refractivity contribution in [2.45, 2.75) is 17.4 Å². The molecule has 1 N–H and O–H groups in total. The lowest BCUT2D eigenvalue weighted by Crippen LogP contribution is -2.39. The molecule has 0 amide bonds. The fourth-order valence-electron chi connectivity index (χ4n) is 1.23. The van der Waals surface area contributed by atoms with Crippen molar-refractivity contribution in [2.24, 2.45) is 0 Å². The number of morpholine rings is 1. The molecule has 1 saturated heterocycles. The minimum Gasteiger partial charge on any atom is -0.375 e. The summed E-state index contributed by atoms with van der Waals surface area (Å²) in [5, 5.41) is 3.31. The molecule has 0 saturated carbocycles. The molecule has 1 aromatic heterocycles. The van der Waals surface area contributed by atoms with Crippen LogP contribution in [0.3, 0.4) is 0 Å².